The van der Waals surface area contributed by atoms with E-state index in [2.05, 4.69) is 34.1 Å². The van der Waals surface area contributed by atoms with Gasteiger partial charge < -0.3 is 10.0 Å². The first-order chi connectivity index (χ1) is 11.1. The third-order valence-electron chi connectivity index (χ3n) is 3.85. The van der Waals surface area contributed by atoms with Crippen LogP contribution in [0.4, 0.5) is 0 Å². The van der Waals surface area contributed by atoms with Gasteiger partial charge in [0.2, 0.25) is 5.91 Å². The summed E-state index contributed by atoms with van der Waals surface area (Å²) in [7, 11) is 0. The highest BCUT2D eigenvalue weighted by Gasteiger charge is 2.20. The lowest BCUT2D eigenvalue weighted by Gasteiger charge is -2.29. The van der Waals surface area contributed by atoms with Crippen molar-refractivity contribution in [2.45, 2.75) is 18.9 Å². The monoisotopic (exact) mass is 391 g/mol. The molecule has 0 saturated carbocycles. The van der Waals surface area contributed by atoms with E-state index in [1.165, 1.54) is 10.4 Å². The quantitative estimate of drug-likeness (QED) is 0.797. The van der Waals surface area contributed by atoms with Crippen LogP contribution in [0.15, 0.2) is 46.9 Å². The van der Waals surface area contributed by atoms with Gasteiger partial charge in [-0.3, -0.25) is 4.79 Å². The lowest BCUT2D eigenvalue weighted by atomic mass is 10.1. The summed E-state index contributed by atoms with van der Waals surface area (Å²) in [5.74, 6) is -0.0256. The van der Waals surface area contributed by atoms with Crippen molar-refractivity contribution < 1.29 is 9.90 Å². The summed E-state index contributed by atoms with van der Waals surface area (Å²) in [5, 5.41) is 9.64. The predicted octanol–water partition coefficient (Wildman–Crippen LogP) is 4.17. The number of likely N-dealkylation sites (tertiary alicyclic amines) is 1. The number of nitrogens with zero attached hydrogens (tertiary/aromatic N) is 1. The second kappa shape index (κ2) is 7.43. The van der Waals surface area contributed by atoms with E-state index in [0.29, 0.717) is 6.54 Å². The van der Waals surface area contributed by atoms with E-state index in [1.54, 1.807) is 22.3 Å². The molecule has 23 heavy (non-hydrogen) atoms. The Hall–Kier alpha value is -1.43. The maximum absolute atomic E-state index is 12.2. The SMILES string of the molecule is O=C(C=Cc1ccc(-c2ccc(Br)cc2)s1)N1CCCC(O)C1. The standard InChI is InChI=1S/C18H18BrNO2S/c19-14-5-3-13(4-6-14)17-9-7-16(23-17)8-10-18(22)20-11-1-2-15(21)12-20/h3-10,15,21H,1-2,11-12H2. The van der Waals surface area contributed by atoms with Crippen molar-refractivity contribution in [3.05, 3.63) is 51.8 Å². The van der Waals surface area contributed by atoms with Gasteiger partial charge >= 0.3 is 0 Å². The number of benzene rings is 1. The number of carbonyl (C=O) groups excluding carboxylic acids is 1. The first-order valence-electron chi connectivity index (χ1n) is 7.62. The molecule has 5 heteroatoms. The molecule has 1 aromatic heterocycles. The van der Waals surface area contributed by atoms with Crippen molar-refractivity contribution in [3.63, 3.8) is 0 Å². The van der Waals surface area contributed by atoms with E-state index in [1.807, 2.05) is 24.3 Å². The van der Waals surface area contributed by atoms with Crippen LogP contribution in [0.1, 0.15) is 17.7 Å². The molecule has 0 radical (unpaired) electrons. The first kappa shape index (κ1) is 16.4. The average molecular weight is 392 g/mol. The molecule has 3 nitrogen and oxygen atoms in total. The molecule has 1 aliphatic rings. The first-order valence-corrected chi connectivity index (χ1v) is 9.23. The highest BCUT2D eigenvalue weighted by molar-refractivity contribution is 9.10. The third kappa shape index (κ3) is 4.31. The van der Waals surface area contributed by atoms with Crippen molar-refractivity contribution >= 4 is 39.2 Å². The van der Waals surface area contributed by atoms with Crippen molar-refractivity contribution in [2.24, 2.45) is 0 Å². The number of hydrogen-bond donors (Lipinski definition) is 1. The fraction of sp³-hybridized carbons (Fsp3) is 0.278. The third-order valence-corrected chi connectivity index (χ3v) is 5.48. The van der Waals surface area contributed by atoms with Crippen LogP contribution < -0.4 is 0 Å². The minimum Gasteiger partial charge on any atom is -0.391 e. The molecule has 120 valence electrons. The Kier molecular flexibility index (Phi) is 5.30. The highest BCUT2D eigenvalue weighted by atomic mass is 79.9. The van der Waals surface area contributed by atoms with E-state index in [4.69, 9.17) is 0 Å². The molecular weight excluding hydrogens is 374 g/mol. The fourth-order valence-electron chi connectivity index (χ4n) is 2.63. The topological polar surface area (TPSA) is 40.5 Å². The second-order valence-electron chi connectivity index (χ2n) is 5.62. The van der Waals surface area contributed by atoms with Crippen molar-refractivity contribution in [1.29, 1.82) is 0 Å². The number of aliphatic hydroxyl groups is 1. The molecule has 1 aromatic carbocycles. The number of hydrogen-bond acceptors (Lipinski definition) is 3. The molecule has 1 atom stereocenters. The predicted molar refractivity (Wildman–Crippen MR) is 98.3 cm³/mol. The van der Waals surface area contributed by atoms with Gasteiger partial charge in [0.05, 0.1) is 6.10 Å². The molecule has 2 heterocycles. The molecule has 1 saturated heterocycles. The number of amides is 1. The van der Waals surface area contributed by atoms with E-state index >= 15 is 0 Å². The molecule has 1 amide bonds. The summed E-state index contributed by atoms with van der Waals surface area (Å²) >= 11 is 5.10. The highest BCUT2D eigenvalue weighted by Crippen LogP contribution is 2.29. The zero-order chi connectivity index (χ0) is 16.2. The van der Waals surface area contributed by atoms with Gasteiger partial charge in [-0.15, -0.1) is 11.3 Å². The maximum atomic E-state index is 12.2. The molecule has 0 bridgehead atoms. The summed E-state index contributed by atoms with van der Waals surface area (Å²) in [5.41, 5.74) is 1.17. The van der Waals surface area contributed by atoms with Gasteiger partial charge in [0, 0.05) is 33.4 Å². The minimum atomic E-state index is -0.383. The van der Waals surface area contributed by atoms with Crippen LogP contribution in [0.25, 0.3) is 16.5 Å². The van der Waals surface area contributed by atoms with Gasteiger partial charge in [0.1, 0.15) is 0 Å². The van der Waals surface area contributed by atoms with E-state index in [-0.39, 0.29) is 12.0 Å². The molecule has 2 aromatic rings. The van der Waals surface area contributed by atoms with E-state index in [9.17, 15) is 9.90 Å². The van der Waals surface area contributed by atoms with Gasteiger partial charge in [-0.25, -0.2) is 0 Å². The molecule has 0 aliphatic carbocycles. The Morgan fingerprint density at radius 1 is 1.26 bits per heavy atom. The van der Waals surface area contributed by atoms with Crippen LogP contribution >= 0.6 is 27.3 Å². The average Bonchev–Trinajstić information content (AvgIpc) is 3.02. The molecule has 0 spiro atoms. The summed E-state index contributed by atoms with van der Waals surface area (Å²) in [4.78, 5) is 16.1. The summed E-state index contributed by atoms with van der Waals surface area (Å²) < 4.78 is 1.06. The van der Waals surface area contributed by atoms with Gasteiger partial charge in [0.15, 0.2) is 0 Å². The Morgan fingerprint density at radius 2 is 2.04 bits per heavy atom. The Balaban J connectivity index is 1.66. The van der Waals surface area contributed by atoms with E-state index in [0.717, 1.165) is 28.7 Å². The number of halogens is 1. The van der Waals surface area contributed by atoms with Crippen LogP contribution in [0.2, 0.25) is 0 Å². The summed E-state index contributed by atoms with van der Waals surface area (Å²) in [6, 6.07) is 12.3. The van der Waals surface area contributed by atoms with Gasteiger partial charge in [-0.1, -0.05) is 28.1 Å². The number of piperidine rings is 1. The lowest BCUT2D eigenvalue weighted by Crippen LogP contribution is -2.41. The normalized spacial score (nSPS) is 18.5. The summed E-state index contributed by atoms with van der Waals surface area (Å²) in [6.07, 6.45) is 4.74. The van der Waals surface area contributed by atoms with Crippen LogP contribution in [-0.2, 0) is 4.79 Å². The van der Waals surface area contributed by atoms with E-state index < -0.39 is 0 Å². The molecule has 1 fully saturated rings. The van der Waals surface area contributed by atoms with Crippen molar-refractivity contribution in [3.8, 4) is 10.4 Å². The minimum absolute atomic E-state index is 0.0256. The zero-order valence-electron chi connectivity index (χ0n) is 12.6. The van der Waals surface area contributed by atoms with Gasteiger partial charge in [-0.2, -0.15) is 0 Å². The molecule has 1 N–H and O–H groups in total. The zero-order valence-corrected chi connectivity index (χ0v) is 15.0. The van der Waals surface area contributed by atoms with Crippen LogP contribution in [-0.4, -0.2) is 35.1 Å². The smallest absolute Gasteiger partial charge is 0.246 e. The molecule has 1 unspecified atom stereocenters. The Bertz CT molecular complexity index is 708. The molecule has 1 aliphatic heterocycles. The van der Waals surface area contributed by atoms with Crippen molar-refractivity contribution in [1.82, 2.24) is 4.90 Å². The second-order valence-corrected chi connectivity index (χ2v) is 7.65. The Morgan fingerprint density at radius 3 is 2.78 bits per heavy atom. The van der Waals surface area contributed by atoms with Gasteiger partial charge in [0.25, 0.3) is 0 Å². The van der Waals surface area contributed by atoms with Crippen LogP contribution in [0.3, 0.4) is 0 Å². The molecular formula is C18H18BrNO2S. The van der Waals surface area contributed by atoms with Gasteiger partial charge in [-0.05, 0) is 48.7 Å². The largest absolute Gasteiger partial charge is 0.391 e. The molecule has 3 rings (SSSR count). The fourth-order valence-corrected chi connectivity index (χ4v) is 3.81. The van der Waals surface area contributed by atoms with Crippen LogP contribution in [0.5, 0.6) is 0 Å². The van der Waals surface area contributed by atoms with Crippen LogP contribution in [0, 0.1) is 0 Å². The number of thiophene rings is 1. The number of rotatable bonds is 3. The summed E-state index contributed by atoms with van der Waals surface area (Å²) in [6.45, 7) is 1.17. The number of β-amino-alcohol motifs (C(OH)–C–C–N with tert-alkyl or cyclic N) is 1. The maximum Gasteiger partial charge on any atom is 0.246 e. The van der Waals surface area contributed by atoms with Crippen molar-refractivity contribution in [2.75, 3.05) is 13.1 Å². The number of aliphatic hydroxyl groups excluding tert-OH is 1. The Labute approximate surface area is 148 Å². The number of carbonyl (C=O) groups is 1. The lowest BCUT2D eigenvalue weighted by molar-refractivity contribution is -0.128.